The lowest BCUT2D eigenvalue weighted by atomic mass is 10.1. The maximum absolute atomic E-state index is 11.8. The van der Waals surface area contributed by atoms with Crippen molar-refractivity contribution in [2.24, 2.45) is 0 Å². The maximum Gasteiger partial charge on any atom is 0.226 e. The lowest BCUT2D eigenvalue weighted by Gasteiger charge is -2.00. The molecule has 0 aliphatic rings. The molecule has 3 rings (SSSR count). The number of thiazole rings is 1. The number of aromatic nitrogens is 1. The lowest BCUT2D eigenvalue weighted by molar-refractivity contribution is -0.116. The van der Waals surface area contributed by atoms with Crippen LogP contribution in [0.4, 0.5) is 5.13 Å². The van der Waals surface area contributed by atoms with Crippen molar-refractivity contribution in [2.45, 2.75) is 19.8 Å². The first-order chi connectivity index (χ1) is 10.7. The summed E-state index contributed by atoms with van der Waals surface area (Å²) in [6.07, 6.45) is 2.62. The van der Waals surface area contributed by atoms with Gasteiger partial charge in [-0.15, -0.1) is 11.3 Å². The number of benzene rings is 1. The third-order valence-corrected chi connectivity index (χ3v) is 3.96. The van der Waals surface area contributed by atoms with Gasteiger partial charge in [0.15, 0.2) is 5.13 Å². The highest BCUT2D eigenvalue weighted by Crippen LogP contribution is 2.23. The van der Waals surface area contributed by atoms with E-state index in [0.717, 1.165) is 17.1 Å². The number of nitrogens with one attached hydrogen (secondary N) is 1. The van der Waals surface area contributed by atoms with E-state index in [2.05, 4.69) is 29.4 Å². The second kappa shape index (κ2) is 6.58. The van der Waals surface area contributed by atoms with Crippen LogP contribution in [0.3, 0.4) is 0 Å². The molecule has 1 aromatic carbocycles. The van der Waals surface area contributed by atoms with Crippen LogP contribution in [-0.4, -0.2) is 10.9 Å². The second-order valence-electron chi connectivity index (χ2n) is 5.02. The summed E-state index contributed by atoms with van der Waals surface area (Å²) in [5.74, 6) is 1.59. The maximum atomic E-state index is 11.8. The molecule has 2 heterocycles. The zero-order chi connectivity index (χ0) is 15.4. The van der Waals surface area contributed by atoms with Crippen molar-refractivity contribution < 1.29 is 9.21 Å². The Kier molecular flexibility index (Phi) is 4.34. The molecule has 4 nitrogen and oxygen atoms in total. The summed E-state index contributed by atoms with van der Waals surface area (Å²) in [6.45, 7) is 2.05. The number of anilines is 1. The Morgan fingerprint density at radius 1 is 1.23 bits per heavy atom. The number of nitrogens with zero attached hydrogens (tertiary/aromatic N) is 1. The van der Waals surface area contributed by atoms with E-state index in [0.29, 0.717) is 18.0 Å². The Balaban J connectivity index is 1.57. The van der Waals surface area contributed by atoms with Crippen LogP contribution in [0.5, 0.6) is 0 Å². The van der Waals surface area contributed by atoms with Crippen molar-refractivity contribution in [1.29, 1.82) is 0 Å². The van der Waals surface area contributed by atoms with Crippen molar-refractivity contribution in [3.8, 4) is 11.3 Å². The molecule has 0 saturated carbocycles. The number of amides is 1. The fourth-order valence-electron chi connectivity index (χ4n) is 2.09. The predicted molar refractivity (Wildman–Crippen MR) is 87.9 cm³/mol. The predicted octanol–water partition coefficient (Wildman–Crippen LogP) is 4.28. The molecule has 22 heavy (non-hydrogen) atoms. The van der Waals surface area contributed by atoms with Gasteiger partial charge < -0.3 is 9.73 Å². The summed E-state index contributed by atoms with van der Waals surface area (Å²) < 4.78 is 5.80. The van der Waals surface area contributed by atoms with E-state index in [1.54, 1.807) is 6.20 Å². The highest BCUT2D eigenvalue weighted by Gasteiger charge is 2.08. The molecule has 0 fully saturated rings. The van der Waals surface area contributed by atoms with Crippen LogP contribution >= 0.6 is 11.3 Å². The molecule has 0 aliphatic carbocycles. The Morgan fingerprint density at radius 2 is 2.05 bits per heavy atom. The highest BCUT2D eigenvalue weighted by atomic mass is 32.1. The summed E-state index contributed by atoms with van der Waals surface area (Å²) in [4.78, 5) is 15.8. The van der Waals surface area contributed by atoms with Gasteiger partial charge in [0, 0.05) is 30.0 Å². The van der Waals surface area contributed by atoms with Crippen molar-refractivity contribution in [3.63, 3.8) is 0 Å². The molecule has 2 aromatic heterocycles. The van der Waals surface area contributed by atoms with Gasteiger partial charge in [-0.25, -0.2) is 4.98 Å². The first-order valence-corrected chi connectivity index (χ1v) is 7.94. The van der Waals surface area contributed by atoms with Crippen LogP contribution in [0.15, 0.2) is 52.4 Å². The average Bonchev–Trinajstić information content (AvgIpc) is 3.17. The second-order valence-corrected chi connectivity index (χ2v) is 5.91. The van der Waals surface area contributed by atoms with Crippen LogP contribution in [0.1, 0.15) is 17.7 Å². The van der Waals surface area contributed by atoms with Gasteiger partial charge >= 0.3 is 0 Å². The molecule has 0 atom stereocenters. The molecule has 1 N–H and O–H groups in total. The zero-order valence-corrected chi connectivity index (χ0v) is 13.0. The molecule has 0 saturated heterocycles. The zero-order valence-electron chi connectivity index (χ0n) is 12.2. The number of carbonyl (C=O) groups is 1. The minimum absolute atomic E-state index is 0.0526. The van der Waals surface area contributed by atoms with E-state index in [1.807, 2.05) is 29.6 Å². The molecule has 3 aromatic rings. The number of aryl methyl sites for hydroxylation is 2. The van der Waals surface area contributed by atoms with Crippen LogP contribution < -0.4 is 5.32 Å². The van der Waals surface area contributed by atoms with Gasteiger partial charge in [0.25, 0.3) is 0 Å². The SMILES string of the molecule is Cc1ccc(-c2ccc(CCC(=O)Nc3nccs3)o2)cc1. The standard InChI is InChI=1S/C17H16N2O2S/c1-12-2-4-13(5-3-12)15-8-6-14(21-15)7-9-16(20)19-17-18-10-11-22-17/h2-6,8,10-11H,7,9H2,1H3,(H,18,19,20). The average molecular weight is 312 g/mol. The fraction of sp³-hybridized carbons (Fsp3) is 0.176. The molecular weight excluding hydrogens is 296 g/mol. The molecular formula is C17H16N2O2S. The molecule has 112 valence electrons. The van der Waals surface area contributed by atoms with Gasteiger partial charge in [0.1, 0.15) is 11.5 Å². The molecule has 0 unspecified atom stereocenters. The van der Waals surface area contributed by atoms with Crippen molar-refractivity contribution in [3.05, 3.63) is 59.3 Å². The van der Waals surface area contributed by atoms with Gasteiger partial charge in [-0.1, -0.05) is 29.8 Å². The Bertz CT molecular complexity index is 745. The normalized spacial score (nSPS) is 10.6. The van der Waals surface area contributed by atoms with Crippen LogP contribution in [0.2, 0.25) is 0 Å². The largest absolute Gasteiger partial charge is 0.461 e. The van der Waals surface area contributed by atoms with Crippen LogP contribution in [-0.2, 0) is 11.2 Å². The Morgan fingerprint density at radius 3 is 2.77 bits per heavy atom. The lowest BCUT2D eigenvalue weighted by Crippen LogP contribution is -2.11. The first kappa shape index (κ1) is 14.5. The Labute approximate surface area is 132 Å². The third kappa shape index (κ3) is 3.62. The molecule has 0 spiro atoms. The summed E-state index contributed by atoms with van der Waals surface area (Å²) in [5, 5.41) is 5.22. The molecule has 5 heteroatoms. The smallest absolute Gasteiger partial charge is 0.226 e. The van der Waals surface area contributed by atoms with E-state index in [9.17, 15) is 4.79 Å². The minimum Gasteiger partial charge on any atom is -0.461 e. The van der Waals surface area contributed by atoms with Gasteiger partial charge in [0.2, 0.25) is 5.91 Å². The number of carbonyl (C=O) groups excluding carboxylic acids is 1. The molecule has 0 radical (unpaired) electrons. The highest BCUT2D eigenvalue weighted by molar-refractivity contribution is 7.13. The van der Waals surface area contributed by atoms with E-state index in [4.69, 9.17) is 4.42 Å². The summed E-state index contributed by atoms with van der Waals surface area (Å²) in [5.41, 5.74) is 2.26. The van der Waals surface area contributed by atoms with Gasteiger partial charge in [-0.3, -0.25) is 4.79 Å². The molecule has 0 bridgehead atoms. The van der Waals surface area contributed by atoms with Gasteiger partial charge in [-0.05, 0) is 19.1 Å². The van der Waals surface area contributed by atoms with E-state index in [1.165, 1.54) is 16.9 Å². The van der Waals surface area contributed by atoms with Gasteiger partial charge in [-0.2, -0.15) is 0 Å². The summed E-state index contributed by atoms with van der Waals surface area (Å²) in [7, 11) is 0. The minimum atomic E-state index is -0.0526. The van der Waals surface area contributed by atoms with E-state index >= 15 is 0 Å². The van der Waals surface area contributed by atoms with E-state index in [-0.39, 0.29) is 5.91 Å². The first-order valence-electron chi connectivity index (χ1n) is 7.06. The molecule has 0 aliphatic heterocycles. The third-order valence-electron chi connectivity index (χ3n) is 3.27. The quantitative estimate of drug-likeness (QED) is 0.765. The number of hydrogen-bond donors (Lipinski definition) is 1. The van der Waals surface area contributed by atoms with Gasteiger partial charge in [0.05, 0.1) is 0 Å². The van der Waals surface area contributed by atoms with E-state index < -0.39 is 0 Å². The number of rotatable bonds is 5. The fourth-order valence-corrected chi connectivity index (χ4v) is 2.63. The number of furan rings is 1. The van der Waals surface area contributed by atoms with Crippen molar-refractivity contribution in [1.82, 2.24) is 4.98 Å². The summed E-state index contributed by atoms with van der Waals surface area (Å²) >= 11 is 1.41. The van der Waals surface area contributed by atoms with Crippen LogP contribution in [0.25, 0.3) is 11.3 Å². The van der Waals surface area contributed by atoms with Crippen molar-refractivity contribution in [2.75, 3.05) is 5.32 Å². The number of hydrogen-bond acceptors (Lipinski definition) is 4. The van der Waals surface area contributed by atoms with Crippen molar-refractivity contribution >= 4 is 22.4 Å². The molecule has 1 amide bonds. The Hall–Kier alpha value is -2.40. The van der Waals surface area contributed by atoms with Crippen LogP contribution in [0, 0.1) is 6.92 Å². The monoisotopic (exact) mass is 312 g/mol. The topological polar surface area (TPSA) is 55.1 Å². The summed E-state index contributed by atoms with van der Waals surface area (Å²) in [6, 6.07) is 12.0.